The highest BCUT2D eigenvalue weighted by Crippen LogP contribution is 2.16. The van der Waals surface area contributed by atoms with Gasteiger partial charge in [-0.1, -0.05) is 40.2 Å². The number of halogens is 1. The quantitative estimate of drug-likeness (QED) is 0.796. The fourth-order valence-electron chi connectivity index (χ4n) is 1.78. The largest absolute Gasteiger partial charge is 0.374 e. The lowest BCUT2D eigenvalue weighted by Gasteiger charge is -2.25. The van der Waals surface area contributed by atoms with Crippen molar-refractivity contribution in [2.45, 2.75) is 12.5 Å². The maximum atomic E-state index is 12.1. The normalized spacial score (nSPS) is 18.5. The van der Waals surface area contributed by atoms with Gasteiger partial charge in [0.15, 0.2) is 5.78 Å². The zero-order valence-corrected chi connectivity index (χ0v) is 11.2. The van der Waals surface area contributed by atoms with Crippen LogP contribution in [0.1, 0.15) is 16.8 Å². The molecule has 3 heteroatoms. The van der Waals surface area contributed by atoms with Gasteiger partial charge in [-0.05, 0) is 24.4 Å². The predicted molar refractivity (Wildman–Crippen MR) is 72.9 cm³/mol. The number of hydrogen-bond acceptors (Lipinski definition) is 2. The summed E-state index contributed by atoms with van der Waals surface area (Å²) < 4.78 is 0.992. The summed E-state index contributed by atoms with van der Waals surface area (Å²) in [4.78, 5) is 14.1. The van der Waals surface area contributed by atoms with Gasteiger partial charge in [0.25, 0.3) is 0 Å². The van der Waals surface area contributed by atoms with E-state index in [1.165, 1.54) is 0 Å². The zero-order chi connectivity index (χ0) is 12.3. The first-order valence-electron chi connectivity index (χ1n) is 5.52. The average Bonchev–Trinajstić information content (AvgIpc) is 2.33. The Morgan fingerprint density at radius 3 is 2.65 bits per heavy atom. The Morgan fingerprint density at radius 2 is 2.00 bits per heavy atom. The molecule has 0 N–H and O–H groups in total. The fourth-order valence-corrected chi connectivity index (χ4v) is 2.04. The van der Waals surface area contributed by atoms with Crippen molar-refractivity contribution in [2.75, 3.05) is 7.05 Å². The smallest absolute Gasteiger partial charge is 0.165 e. The lowest BCUT2D eigenvalue weighted by atomic mass is 10.0. The van der Waals surface area contributed by atoms with Gasteiger partial charge >= 0.3 is 0 Å². The van der Waals surface area contributed by atoms with Crippen molar-refractivity contribution in [1.82, 2.24) is 4.90 Å². The maximum Gasteiger partial charge on any atom is 0.165 e. The molecule has 0 spiro atoms. The summed E-state index contributed by atoms with van der Waals surface area (Å²) in [5, 5.41) is 0. The Kier molecular flexibility index (Phi) is 3.79. The molecule has 88 valence electrons. The molecule has 1 atom stereocenters. The summed E-state index contributed by atoms with van der Waals surface area (Å²) >= 11 is 3.36. The van der Waals surface area contributed by atoms with Gasteiger partial charge in [-0.25, -0.2) is 0 Å². The second-order valence-electron chi connectivity index (χ2n) is 4.09. The van der Waals surface area contributed by atoms with Crippen LogP contribution in [0.4, 0.5) is 0 Å². The predicted octanol–water partition coefficient (Wildman–Crippen LogP) is 3.41. The molecule has 1 unspecified atom stereocenters. The minimum absolute atomic E-state index is 0.163. The Hall–Kier alpha value is -1.35. The minimum atomic E-state index is 0.163. The molecule has 0 saturated heterocycles. The molecule has 2 nitrogen and oxygen atoms in total. The summed E-state index contributed by atoms with van der Waals surface area (Å²) in [7, 11) is 1.99. The van der Waals surface area contributed by atoms with E-state index in [1.54, 1.807) is 0 Å². The van der Waals surface area contributed by atoms with E-state index in [0.29, 0.717) is 6.42 Å². The molecule has 0 fully saturated rings. The van der Waals surface area contributed by atoms with Gasteiger partial charge in [-0.2, -0.15) is 0 Å². The van der Waals surface area contributed by atoms with Crippen molar-refractivity contribution < 1.29 is 4.79 Å². The van der Waals surface area contributed by atoms with E-state index in [9.17, 15) is 4.79 Å². The van der Waals surface area contributed by atoms with Crippen LogP contribution in [0.3, 0.4) is 0 Å². The Morgan fingerprint density at radius 1 is 1.29 bits per heavy atom. The number of nitrogens with zero attached hydrogens (tertiary/aromatic N) is 1. The van der Waals surface area contributed by atoms with Crippen LogP contribution >= 0.6 is 15.9 Å². The van der Waals surface area contributed by atoms with E-state index < -0.39 is 0 Å². The molecule has 2 rings (SSSR count). The number of ketones is 1. The van der Waals surface area contributed by atoms with Crippen molar-refractivity contribution in [3.63, 3.8) is 0 Å². The Labute approximate surface area is 110 Å². The van der Waals surface area contributed by atoms with Crippen LogP contribution in [0.15, 0.2) is 53.2 Å². The van der Waals surface area contributed by atoms with Crippen molar-refractivity contribution in [3.8, 4) is 0 Å². The average molecular weight is 292 g/mol. The van der Waals surface area contributed by atoms with Crippen molar-refractivity contribution in [2.24, 2.45) is 0 Å². The van der Waals surface area contributed by atoms with Gasteiger partial charge in [-0.15, -0.1) is 0 Å². The van der Waals surface area contributed by atoms with Gasteiger partial charge < -0.3 is 4.90 Å². The molecule has 0 bridgehead atoms. The van der Waals surface area contributed by atoms with Gasteiger partial charge in [0.2, 0.25) is 0 Å². The second-order valence-corrected chi connectivity index (χ2v) is 5.01. The van der Waals surface area contributed by atoms with E-state index >= 15 is 0 Å². The van der Waals surface area contributed by atoms with Crippen LogP contribution in [0.5, 0.6) is 0 Å². The molecule has 0 saturated carbocycles. The number of likely N-dealkylation sites (N-methyl/N-ethyl adjacent to an activating group) is 1. The molecule has 1 aromatic carbocycles. The molecular weight excluding hydrogens is 278 g/mol. The molecule has 0 amide bonds. The van der Waals surface area contributed by atoms with E-state index in [1.807, 2.05) is 49.7 Å². The summed E-state index contributed by atoms with van der Waals surface area (Å²) in [5.74, 6) is 0.175. The third-order valence-electron chi connectivity index (χ3n) is 2.85. The SMILES string of the molecule is CN1C=CC=CC1CC(=O)c1ccc(Br)cc1. The highest BCUT2D eigenvalue weighted by molar-refractivity contribution is 9.10. The number of Topliss-reactive ketones (excluding diaryl/α,β-unsaturated/α-hetero) is 1. The minimum Gasteiger partial charge on any atom is -0.374 e. The Bertz CT molecular complexity index is 462. The summed E-state index contributed by atoms with van der Waals surface area (Å²) in [6, 6.07) is 7.67. The highest BCUT2D eigenvalue weighted by Gasteiger charge is 2.16. The third kappa shape index (κ3) is 3.07. The second kappa shape index (κ2) is 5.32. The molecule has 1 aliphatic rings. The molecule has 0 aliphatic carbocycles. The maximum absolute atomic E-state index is 12.1. The van der Waals surface area contributed by atoms with Crippen LogP contribution in [0.2, 0.25) is 0 Å². The van der Waals surface area contributed by atoms with Crippen LogP contribution < -0.4 is 0 Å². The van der Waals surface area contributed by atoms with Crippen molar-refractivity contribution >= 4 is 21.7 Å². The fraction of sp³-hybridized carbons (Fsp3) is 0.214. The third-order valence-corrected chi connectivity index (χ3v) is 3.38. The number of carbonyl (C=O) groups excluding carboxylic acids is 1. The molecule has 1 aliphatic heterocycles. The molecular formula is C14H14BrNO. The first kappa shape index (κ1) is 12.1. The number of allylic oxidation sites excluding steroid dienone is 2. The monoisotopic (exact) mass is 291 g/mol. The molecule has 1 aromatic rings. The number of carbonyl (C=O) groups is 1. The lowest BCUT2D eigenvalue weighted by molar-refractivity contribution is 0.0961. The van der Waals surface area contributed by atoms with Crippen LogP contribution in [0, 0.1) is 0 Å². The lowest BCUT2D eigenvalue weighted by Crippen LogP contribution is -2.29. The standard InChI is InChI=1S/C14H14BrNO/c1-16-9-3-2-4-13(16)10-14(17)11-5-7-12(15)8-6-11/h2-9,13H,10H2,1H3. The molecule has 0 aromatic heterocycles. The number of hydrogen-bond donors (Lipinski definition) is 0. The van der Waals surface area contributed by atoms with Crippen LogP contribution in [-0.4, -0.2) is 23.8 Å². The van der Waals surface area contributed by atoms with Gasteiger partial charge in [-0.3, -0.25) is 4.79 Å². The van der Waals surface area contributed by atoms with Gasteiger partial charge in [0, 0.05) is 23.5 Å². The topological polar surface area (TPSA) is 20.3 Å². The number of benzene rings is 1. The zero-order valence-electron chi connectivity index (χ0n) is 9.64. The van der Waals surface area contributed by atoms with Crippen molar-refractivity contribution in [1.29, 1.82) is 0 Å². The first-order valence-corrected chi connectivity index (χ1v) is 6.32. The van der Waals surface area contributed by atoms with E-state index in [2.05, 4.69) is 26.9 Å². The summed E-state index contributed by atoms with van der Waals surface area (Å²) in [6.07, 6.45) is 8.51. The summed E-state index contributed by atoms with van der Waals surface area (Å²) in [5.41, 5.74) is 0.768. The summed E-state index contributed by atoms with van der Waals surface area (Å²) in [6.45, 7) is 0. The molecule has 0 radical (unpaired) electrons. The molecule has 1 heterocycles. The first-order chi connectivity index (χ1) is 8.16. The van der Waals surface area contributed by atoms with E-state index in [4.69, 9.17) is 0 Å². The Balaban J connectivity index is 2.04. The molecule has 17 heavy (non-hydrogen) atoms. The van der Waals surface area contributed by atoms with Gasteiger partial charge in [0.1, 0.15) is 0 Å². The van der Waals surface area contributed by atoms with Gasteiger partial charge in [0.05, 0.1) is 6.04 Å². The number of rotatable bonds is 3. The van der Waals surface area contributed by atoms with E-state index in [-0.39, 0.29) is 11.8 Å². The highest BCUT2D eigenvalue weighted by atomic mass is 79.9. The van der Waals surface area contributed by atoms with E-state index in [0.717, 1.165) is 10.0 Å². The van der Waals surface area contributed by atoms with Crippen LogP contribution in [0.25, 0.3) is 0 Å². The van der Waals surface area contributed by atoms with Crippen LogP contribution in [-0.2, 0) is 0 Å². The van der Waals surface area contributed by atoms with Crippen molar-refractivity contribution in [3.05, 3.63) is 58.7 Å².